The third-order valence-corrected chi connectivity index (χ3v) is 5.66. The molecule has 1 amide bonds. The largest absolute Gasteiger partial charge is 0.484 e. The molecule has 0 aromatic heterocycles. The summed E-state index contributed by atoms with van der Waals surface area (Å²) in [6, 6.07) is 7.84. The van der Waals surface area contributed by atoms with Crippen LogP contribution in [0.15, 0.2) is 29.3 Å². The molecule has 1 spiro atoms. The van der Waals surface area contributed by atoms with Crippen LogP contribution < -0.4 is 10.1 Å². The van der Waals surface area contributed by atoms with Crippen LogP contribution in [-0.2, 0) is 11.3 Å². The summed E-state index contributed by atoms with van der Waals surface area (Å²) in [5.74, 6) is 1.67. The Hall–Kier alpha value is -2.24. The number of rotatable bonds is 6. The lowest BCUT2D eigenvalue weighted by Gasteiger charge is -2.38. The minimum absolute atomic E-state index is 0.0492. The summed E-state index contributed by atoms with van der Waals surface area (Å²) in [4.78, 5) is 20.5. The van der Waals surface area contributed by atoms with Gasteiger partial charge in [0.1, 0.15) is 5.75 Å². The van der Waals surface area contributed by atoms with Gasteiger partial charge in [-0.3, -0.25) is 4.79 Å². The van der Waals surface area contributed by atoms with Gasteiger partial charge in [0.2, 0.25) is 0 Å². The topological polar surface area (TPSA) is 57.2 Å². The SMILES string of the molecule is CCNC(=NCc1cccc(OCC(=O)N(C)C)c1)N1CCC2(CCC2)C1. The van der Waals surface area contributed by atoms with E-state index in [1.165, 1.54) is 30.6 Å². The summed E-state index contributed by atoms with van der Waals surface area (Å²) < 4.78 is 5.61. The van der Waals surface area contributed by atoms with Crippen LogP contribution in [0.3, 0.4) is 0 Å². The summed E-state index contributed by atoms with van der Waals surface area (Å²) in [5.41, 5.74) is 1.64. The number of hydrogen-bond donors (Lipinski definition) is 1. The van der Waals surface area contributed by atoms with Gasteiger partial charge in [-0.15, -0.1) is 0 Å². The van der Waals surface area contributed by atoms with Gasteiger partial charge in [-0.1, -0.05) is 18.6 Å². The molecule has 6 heteroatoms. The van der Waals surface area contributed by atoms with E-state index in [0.29, 0.717) is 17.7 Å². The Kier molecular flexibility index (Phi) is 6.24. The molecule has 1 aromatic carbocycles. The van der Waals surface area contributed by atoms with Gasteiger partial charge in [0.05, 0.1) is 6.54 Å². The fourth-order valence-corrected chi connectivity index (χ4v) is 3.80. The molecule has 0 bridgehead atoms. The normalized spacial score (nSPS) is 18.3. The lowest BCUT2D eigenvalue weighted by atomic mass is 9.68. The van der Waals surface area contributed by atoms with Gasteiger partial charge in [0.15, 0.2) is 12.6 Å². The number of ether oxygens (including phenoxy) is 1. The van der Waals surface area contributed by atoms with E-state index in [9.17, 15) is 4.79 Å². The van der Waals surface area contributed by atoms with Crippen molar-refractivity contribution in [1.82, 2.24) is 15.1 Å². The van der Waals surface area contributed by atoms with Crippen LogP contribution in [0, 0.1) is 5.41 Å². The Morgan fingerprint density at radius 3 is 2.78 bits per heavy atom. The highest BCUT2D eigenvalue weighted by atomic mass is 16.5. The van der Waals surface area contributed by atoms with Gasteiger partial charge in [0, 0.05) is 33.7 Å². The number of carbonyl (C=O) groups is 1. The van der Waals surface area contributed by atoms with Crippen molar-refractivity contribution in [3.05, 3.63) is 29.8 Å². The third-order valence-electron chi connectivity index (χ3n) is 5.66. The fraction of sp³-hybridized carbons (Fsp3) is 0.619. The minimum atomic E-state index is -0.0492. The van der Waals surface area contributed by atoms with Crippen LogP contribution in [0.4, 0.5) is 0 Å². The van der Waals surface area contributed by atoms with E-state index < -0.39 is 0 Å². The van der Waals surface area contributed by atoms with Crippen molar-refractivity contribution in [2.45, 2.75) is 39.2 Å². The predicted octanol–water partition coefficient (Wildman–Crippen LogP) is 2.50. The smallest absolute Gasteiger partial charge is 0.259 e. The van der Waals surface area contributed by atoms with Crippen LogP contribution in [0.5, 0.6) is 5.75 Å². The van der Waals surface area contributed by atoms with E-state index in [4.69, 9.17) is 9.73 Å². The summed E-state index contributed by atoms with van der Waals surface area (Å²) in [7, 11) is 3.45. The summed E-state index contributed by atoms with van der Waals surface area (Å²) in [6.07, 6.45) is 5.41. The van der Waals surface area contributed by atoms with Gasteiger partial charge in [-0.2, -0.15) is 0 Å². The van der Waals surface area contributed by atoms with Crippen LogP contribution >= 0.6 is 0 Å². The molecule has 0 atom stereocenters. The summed E-state index contributed by atoms with van der Waals surface area (Å²) in [5, 5.41) is 3.44. The quantitative estimate of drug-likeness (QED) is 0.616. The predicted molar refractivity (Wildman–Crippen MR) is 108 cm³/mol. The van der Waals surface area contributed by atoms with Crippen LogP contribution in [0.2, 0.25) is 0 Å². The van der Waals surface area contributed by atoms with Gasteiger partial charge in [0.25, 0.3) is 5.91 Å². The average molecular weight is 373 g/mol. The number of aliphatic imine (C=N–C) groups is 1. The maximum absolute atomic E-state index is 11.7. The number of amides is 1. The summed E-state index contributed by atoms with van der Waals surface area (Å²) >= 11 is 0. The minimum Gasteiger partial charge on any atom is -0.484 e. The van der Waals surface area contributed by atoms with Gasteiger partial charge < -0.3 is 19.9 Å². The van der Waals surface area contributed by atoms with E-state index in [1.807, 2.05) is 24.3 Å². The number of nitrogens with zero attached hydrogens (tertiary/aromatic N) is 3. The number of guanidine groups is 1. The monoisotopic (exact) mass is 372 g/mol. The van der Waals surface area contributed by atoms with Gasteiger partial charge >= 0.3 is 0 Å². The van der Waals surface area contributed by atoms with Crippen LogP contribution in [0.25, 0.3) is 0 Å². The highest BCUT2D eigenvalue weighted by Crippen LogP contribution is 2.47. The molecule has 0 radical (unpaired) electrons. The molecule has 27 heavy (non-hydrogen) atoms. The highest BCUT2D eigenvalue weighted by Gasteiger charge is 2.43. The molecule has 1 saturated carbocycles. The zero-order chi connectivity index (χ0) is 19.3. The number of likely N-dealkylation sites (N-methyl/N-ethyl adjacent to an activating group) is 1. The number of carbonyl (C=O) groups excluding carboxylic acids is 1. The standard InChI is InChI=1S/C21H32N4O2/c1-4-22-20(25-12-11-21(16-25)9-6-10-21)23-14-17-7-5-8-18(13-17)27-15-19(26)24(2)3/h5,7-8,13H,4,6,9-12,14-16H2,1-3H3,(H,22,23). The number of hydrogen-bond acceptors (Lipinski definition) is 3. The molecule has 2 aliphatic rings. The molecule has 148 valence electrons. The van der Waals surface area contributed by atoms with E-state index in [0.717, 1.165) is 31.2 Å². The maximum Gasteiger partial charge on any atom is 0.259 e. The van der Waals surface area contributed by atoms with Crippen molar-refractivity contribution in [3.63, 3.8) is 0 Å². The Labute approximate surface area is 162 Å². The first-order chi connectivity index (χ1) is 13.0. The molecule has 1 aromatic rings. The van der Waals surface area contributed by atoms with Crippen molar-refractivity contribution in [1.29, 1.82) is 0 Å². The molecule has 1 heterocycles. The van der Waals surface area contributed by atoms with Crippen molar-refractivity contribution in [2.24, 2.45) is 10.4 Å². The number of likely N-dealkylation sites (tertiary alicyclic amines) is 1. The molecule has 6 nitrogen and oxygen atoms in total. The van der Waals surface area contributed by atoms with Crippen LogP contribution in [-0.4, -0.2) is 62.0 Å². The molecule has 2 fully saturated rings. The fourth-order valence-electron chi connectivity index (χ4n) is 3.80. The second-order valence-corrected chi connectivity index (χ2v) is 7.92. The van der Waals surface area contributed by atoms with E-state index in [-0.39, 0.29) is 12.5 Å². The lowest BCUT2D eigenvalue weighted by molar-refractivity contribution is -0.130. The van der Waals surface area contributed by atoms with Crippen molar-refractivity contribution < 1.29 is 9.53 Å². The Morgan fingerprint density at radius 1 is 1.33 bits per heavy atom. The lowest BCUT2D eigenvalue weighted by Crippen LogP contribution is -2.42. The third kappa shape index (κ3) is 4.93. The van der Waals surface area contributed by atoms with E-state index >= 15 is 0 Å². The maximum atomic E-state index is 11.7. The van der Waals surface area contributed by atoms with Crippen molar-refractivity contribution >= 4 is 11.9 Å². The first-order valence-electron chi connectivity index (χ1n) is 9.96. The van der Waals surface area contributed by atoms with Gasteiger partial charge in [-0.05, 0) is 49.3 Å². The Balaban J connectivity index is 1.60. The van der Waals surface area contributed by atoms with Crippen molar-refractivity contribution in [2.75, 3.05) is 40.3 Å². The Bertz CT molecular complexity index is 683. The summed E-state index contributed by atoms with van der Waals surface area (Å²) in [6.45, 7) is 5.87. The van der Waals surface area contributed by atoms with E-state index in [2.05, 4.69) is 17.1 Å². The molecular formula is C21H32N4O2. The van der Waals surface area contributed by atoms with E-state index in [1.54, 1.807) is 14.1 Å². The molecule has 1 saturated heterocycles. The molecule has 3 rings (SSSR count). The zero-order valence-corrected chi connectivity index (χ0v) is 16.8. The molecular weight excluding hydrogens is 340 g/mol. The zero-order valence-electron chi connectivity index (χ0n) is 16.8. The average Bonchev–Trinajstić information content (AvgIpc) is 3.09. The highest BCUT2D eigenvalue weighted by molar-refractivity contribution is 5.80. The van der Waals surface area contributed by atoms with Crippen molar-refractivity contribution in [3.8, 4) is 5.75 Å². The Morgan fingerprint density at radius 2 is 2.15 bits per heavy atom. The van der Waals surface area contributed by atoms with Gasteiger partial charge in [-0.25, -0.2) is 4.99 Å². The molecule has 1 N–H and O–H groups in total. The number of benzene rings is 1. The number of nitrogens with one attached hydrogen (secondary N) is 1. The molecule has 0 unspecified atom stereocenters. The second-order valence-electron chi connectivity index (χ2n) is 7.92. The first kappa shape index (κ1) is 19.5. The van der Waals surface area contributed by atoms with Crippen LogP contribution in [0.1, 0.15) is 38.2 Å². The first-order valence-corrected chi connectivity index (χ1v) is 9.96. The second kappa shape index (κ2) is 8.63. The molecule has 1 aliphatic heterocycles. The molecule has 1 aliphatic carbocycles.